The van der Waals surface area contributed by atoms with E-state index in [4.69, 9.17) is 101 Å². The fraction of sp³-hybridized carbons (Fsp3) is 0.508. The Bertz CT molecular complexity index is 5710. The van der Waals surface area contributed by atoms with E-state index >= 15 is 0 Å². The molecular formula is C59H80N21O36P5S+2. The van der Waals surface area contributed by atoms with Gasteiger partial charge in [0, 0.05) is 20.0 Å². The molecule has 21 atom stereocenters. The first-order valence-electron chi connectivity index (χ1n) is 35.3. The van der Waals surface area contributed by atoms with E-state index in [1.165, 1.54) is 66.6 Å². The van der Waals surface area contributed by atoms with E-state index in [1.54, 1.807) is 82.5 Å². The first-order valence-corrected chi connectivity index (χ1v) is 43.4. The molecule has 63 heteroatoms. The number of aliphatic hydroxyl groups is 10. The van der Waals surface area contributed by atoms with Crippen LogP contribution in [0.25, 0.3) is 55.8 Å². The molecule has 17 heterocycles. The van der Waals surface area contributed by atoms with Crippen LogP contribution >= 0.6 is 39.1 Å². The lowest BCUT2D eigenvalue weighted by molar-refractivity contribution is -0.746. The third-order valence-corrected chi connectivity index (χ3v) is 22.6. The third kappa shape index (κ3) is 18.8. The molecular weight excluding hydrogens is 1770 g/mol. The van der Waals surface area contributed by atoms with Gasteiger partial charge >= 0.3 is 56.1 Å². The van der Waals surface area contributed by atoms with E-state index in [1.807, 2.05) is 6.92 Å². The lowest BCUT2D eigenvalue weighted by Gasteiger charge is -2.30. The van der Waals surface area contributed by atoms with Crippen LogP contribution in [0.3, 0.4) is 0 Å². The minimum Gasteiger partial charge on any atom is -0.870 e. The van der Waals surface area contributed by atoms with Crippen molar-refractivity contribution in [2.75, 3.05) is 50.0 Å². The third-order valence-electron chi connectivity index (χ3n) is 19.8. The number of nitrogens with two attached hydrogens (primary N) is 2. The van der Waals surface area contributed by atoms with Gasteiger partial charge in [0.2, 0.25) is 36.2 Å². The zero-order valence-corrected chi connectivity index (χ0v) is 68.4. The number of nitrogens with zero attached hydrogens (tertiary/aromatic N) is 19. The SMILES string of the molecule is CC1=NN(C)c2ccnc3c2n1c[n+]3[C@@H]1OC(COP(=O)(O)O)[C@@H](O)[C@H]1O.C[n+]1cnc2c(ncn2[C@@H]2OC(COP(=O)(O)O)[C@@H](O)[C@H]2O)c1N.Cn1c[n+]([C@@H]2OC(COP(=O)(O)O)[C@@H](O)[C@H]2O)c2nccc([O-])c21.Cn1c[n+]([C@@H]2OC(COP(=O)(O)O)[C@@H](O)[C@H]2O)c2nccc([S-])c21.Nc1ncnc2c1nc1n2[C@@H]2OC([C@@H](O)[C@H]2O)[C@H]1OP(=O)(O)O. The number of aromatic nitrogens is 17. The number of anilines is 3. The summed E-state index contributed by atoms with van der Waals surface area (Å²) in [6, 6.07) is 4.76. The fourth-order valence-electron chi connectivity index (χ4n) is 14.2. The van der Waals surface area contributed by atoms with E-state index in [0.717, 1.165) is 11.2 Å². The van der Waals surface area contributed by atoms with E-state index in [0.29, 0.717) is 44.5 Å². The fourth-order valence-corrected chi connectivity index (χ4v) is 16.4. The molecule has 10 aromatic rings. The Hall–Kier alpha value is -8.00. The number of fused-ring (bicyclic) bond motifs is 9. The molecule has 0 radical (unpaired) electrons. The Kier molecular flexibility index (Phi) is 26.4. The molecule has 0 aromatic carbocycles. The van der Waals surface area contributed by atoms with Crippen molar-refractivity contribution in [1.29, 1.82) is 0 Å². The quantitative estimate of drug-likeness (QED) is 0.0215. The van der Waals surface area contributed by atoms with E-state index in [9.17, 15) is 79.0 Å². The van der Waals surface area contributed by atoms with Gasteiger partial charge in [0.1, 0.15) is 134 Å². The molecule has 0 spiro atoms. The van der Waals surface area contributed by atoms with Crippen LogP contribution in [-0.4, -0.2) is 294 Å². The van der Waals surface area contributed by atoms with Crippen molar-refractivity contribution in [3.05, 3.63) is 80.6 Å². The predicted molar refractivity (Wildman–Crippen MR) is 394 cm³/mol. The smallest absolute Gasteiger partial charge is 0.470 e. The summed E-state index contributed by atoms with van der Waals surface area (Å²) in [6.45, 7) is -0.515. The van der Waals surface area contributed by atoms with Crippen molar-refractivity contribution in [1.82, 2.24) is 62.7 Å². The van der Waals surface area contributed by atoms with Crippen LogP contribution in [0.1, 0.15) is 50.0 Å². The number of phosphoric acid groups is 5. The maximum absolute atomic E-state index is 11.9. The molecule has 7 aliphatic heterocycles. The number of imidazole rings is 5. The standard InChI is InChI=1S/C14H18N5O7P.C12H16N3O8P.C12H16N3O7PS.C11H16N5O7P.C10H12N5O7P/c1-7-16-17(2)8-3-4-15-13-10(8)18(7)6-19(13)14-12(21)11(20)9(26-14)5-25-27(22,23)24;1-14-5-15(11-8(14)6(16)2-3-13-11)12-10(18)9(17)7(23-12)4-22-24(19,20)21;1-14-5-15(11-8(14)7(24)2-3-13-11)12-10(17)9(16)6(22-12)4-21-23(18,19)20;1-15-3-14-10-6(9(15)12)13-4-16(10)11-8(18)7(17)5(23-11)2-22-24(19,20)21;11-7-2-8(13-1-12-7)15-9(14-2)6(22-23(18,19)20)5-3(16)4(17)10(15)21-5/h3-4,6,9,11-12,14,20-21H,5H2,1-2H3,(H-,22,23,24);2-3,5,7,9-10,12,17-18H,4H2,1H3,(H2-,13,16,19,20,21);2-3,5-6,9-10,12,16-17H,4H2,1H3,(H2-,13,18,19,20,24);3-5,7-8,11-12,17-18H,2H2,1H3,(H2,19,20,21);1,3-6,10,16-17H,(H2,11,12,13)(H2,18,19,20)/p+2/t9?,11-,12-,14-;7?,9-,10-,12-;6?,9-,10-,12-;5?,7-,8-,11-;3-,4+,5?,6+,10+/m11110/s1. The lowest BCUT2D eigenvalue weighted by Crippen LogP contribution is -2.46. The van der Waals surface area contributed by atoms with E-state index in [-0.39, 0.29) is 39.7 Å². The average molecular weight is 1850 g/mol. The Morgan fingerprint density at radius 2 is 0.975 bits per heavy atom. The van der Waals surface area contributed by atoms with Crippen LogP contribution in [0, 0.1) is 0 Å². The van der Waals surface area contributed by atoms with Crippen LogP contribution in [0.15, 0.2) is 84.8 Å². The first-order chi connectivity index (χ1) is 57.0. The number of phosphoric ester groups is 5. The minimum absolute atomic E-state index is 0.0346. The molecule has 17 rings (SSSR count). The molecule has 0 amide bonds. The van der Waals surface area contributed by atoms with Crippen LogP contribution in [0.2, 0.25) is 0 Å². The highest BCUT2D eigenvalue weighted by Gasteiger charge is 2.57. The molecule has 0 saturated carbocycles. The van der Waals surface area contributed by atoms with Crippen molar-refractivity contribution in [2.24, 2.45) is 26.2 Å². The van der Waals surface area contributed by atoms with Gasteiger partial charge in [0.15, 0.2) is 76.9 Å². The highest BCUT2D eigenvalue weighted by Crippen LogP contribution is 2.52. The summed E-state index contributed by atoms with van der Waals surface area (Å²) >= 11 is 5.25. The van der Waals surface area contributed by atoms with Crippen LogP contribution < -0.4 is 39.9 Å². The zero-order chi connectivity index (χ0) is 89.0. The molecule has 57 nitrogen and oxygen atoms in total. The monoisotopic (exact) mass is 1850 g/mol. The molecule has 666 valence electrons. The maximum Gasteiger partial charge on any atom is 0.470 e. The van der Waals surface area contributed by atoms with Crippen molar-refractivity contribution < 1.29 is 193 Å². The molecule has 5 fully saturated rings. The maximum atomic E-state index is 11.9. The minimum atomic E-state index is -4.92. The van der Waals surface area contributed by atoms with Gasteiger partial charge in [-0.1, -0.05) is 10.7 Å². The van der Waals surface area contributed by atoms with Crippen molar-refractivity contribution in [3.8, 4) is 5.75 Å². The van der Waals surface area contributed by atoms with E-state index < -0.39 is 194 Å². The molecule has 2 bridgehead atoms. The molecule has 0 aliphatic carbocycles. The second-order valence-corrected chi connectivity index (χ2v) is 34.5. The van der Waals surface area contributed by atoms with Crippen LogP contribution in [0.5, 0.6) is 5.75 Å². The van der Waals surface area contributed by atoms with Crippen molar-refractivity contribution in [3.63, 3.8) is 0 Å². The number of aryl methyl sites for hydroxylation is 3. The average Bonchev–Trinajstić information content (AvgIpc) is 1.56. The highest BCUT2D eigenvalue weighted by molar-refractivity contribution is 7.59. The summed E-state index contributed by atoms with van der Waals surface area (Å²) in [7, 11) is -16.9. The number of ether oxygens (including phenoxy) is 5. The Morgan fingerprint density at radius 3 is 1.49 bits per heavy atom. The topological polar surface area (TPSA) is 816 Å². The van der Waals surface area contributed by atoms with Crippen molar-refractivity contribution in [2.45, 2.75) is 141 Å². The lowest BCUT2D eigenvalue weighted by atomic mass is 10.1. The second kappa shape index (κ2) is 35.1. The zero-order valence-electron chi connectivity index (χ0n) is 63.2. The number of rotatable bonds is 18. The number of pyridine rings is 3. The number of hydrazone groups is 1. The van der Waals surface area contributed by atoms with Gasteiger partial charge in [-0.25, -0.2) is 65.6 Å². The Balaban J connectivity index is 0.000000132. The van der Waals surface area contributed by atoms with Crippen LogP contribution in [0.4, 0.5) is 17.3 Å². The summed E-state index contributed by atoms with van der Waals surface area (Å²) in [5.74, 6) is 0.852. The highest BCUT2D eigenvalue weighted by atomic mass is 32.1. The van der Waals surface area contributed by atoms with Crippen LogP contribution in [-0.2, 0) is 103 Å². The summed E-state index contributed by atoms with van der Waals surface area (Å²) in [6.07, 6.45) is -13.0. The summed E-state index contributed by atoms with van der Waals surface area (Å²) in [5, 5.41) is 120. The van der Waals surface area contributed by atoms with Gasteiger partial charge in [-0.05, 0) is 12.1 Å². The van der Waals surface area contributed by atoms with Gasteiger partial charge in [-0.2, -0.15) is 0 Å². The molecule has 5 saturated heterocycles. The Labute approximate surface area is 686 Å². The van der Waals surface area contributed by atoms with Crippen molar-refractivity contribution >= 4 is 131 Å². The summed E-state index contributed by atoms with van der Waals surface area (Å²) in [4.78, 5) is 122. The van der Waals surface area contributed by atoms with Gasteiger partial charge in [0.25, 0.3) is 5.82 Å². The first kappa shape index (κ1) is 91.7. The van der Waals surface area contributed by atoms with Gasteiger partial charge in [-0.3, -0.25) is 45.9 Å². The van der Waals surface area contributed by atoms with Gasteiger partial charge < -0.3 is 153 Å². The largest absolute Gasteiger partial charge is 0.870 e. The number of nitrogen functional groups attached to an aromatic ring is 2. The molecule has 7 aliphatic rings. The molecule has 122 heavy (non-hydrogen) atoms. The number of aliphatic hydroxyl groups excluding tert-OH is 10. The predicted octanol–water partition coefficient (Wildman–Crippen LogP) is -9.40. The van der Waals surface area contributed by atoms with Gasteiger partial charge in [-0.15, -0.1) is 24.9 Å². The van der Waals surface area contributed by atoms with Gasteiger partial charge in [0.05, 0.1) is 47.6 Å². The summed E-state index contributed by atoms with van der Waals surface area (Å²) in [5.41, 5.74) is 16.4. The Morgan fingerprint density at radius 1 is 0.516 bits per heavy atom. The second-order valence-electron chi connectivity index (χ2n) is 28.0. The number of hydrogen-bond donors (Lipinski definition) is 22. The molecule has 24 N–H and O–H groups in total. The van der Waals surface area contributed by atoms with E-state index in [2.05, 4.69) is 63.1 Å². The normalized spacial score (nSPS) is 28.9. The molecule has 10 aromatic heterocycles. The number of hydrogen-bond acceptors (Lipinski definition) is 39. The summed E-state index contributed by atoms with van der Waals surface area (Å²) < 4.78 is 118. The molecule has 5 unspecified atom stereocenters.